The molecule has 2 rings (SSSR count). The van der Waals surface area contributed by atoms with Gasteiger partial charge >= 0.3 is 0 Å². The quantitative estimate of drug-likeness (QED) is 0.799. The number of nitrogens with one attached hydrogen (secondary N) is 1. The van der Waals surface area contributed by atoms with Gasteiger partial charge in [0.05, 0.1) is 0 Å². The maximum atomic E-state index is 11.1. The van der Waals surface area contributed by atoms with Crippen molar-refractivity contribution in [1.29, 1.82) is 0 Å². The summed E-state index contributed by atoms with van der Waals surface area (Å²) in [5, 5.41) is 3.35. The maximum absolute atomic E-state index is 11.1. The molecule has 0 aromatic heterocycles. The van der Waals surface area contributed by atoms with Crippen molar-refractivity contribution in [2.75, 3.05) is 20.1 Å². The van der Waals surface area contributed by atoms with E-state index < -0.39 is 0 Å². The summed E-state index contributed by atoms with van der Waals surface area (Å²) in [4.78, 5) is 13.4. The topological polar surface area (TPSA) is 58.4 Å². The number of benzene rings is 1. The fourth-order valence-corrected chi connectivity index (χ4v) is 2.26. The van der Waals surface area contributed by atoms with Gasteiger partial charge in [0.1, 0.15) is 0 Å². The van der Waals surface area contributed by atoms with Gasteiger partial charge < -0.3 is 11.1 Å². The van der Waals surface area contributed by atoms with E-state index >= 15 is 0 Å². The summed E-state index contributed by atoms with van der Waals surface area (Å²) in [6.07, 6.45) is 1.19. The molecule has 1 atom stereocenters. The minimum Gasteiger partial charge on any atom is -0.366 e. The Hall–Kier alpha value is -1.39. The minimum absolute atomic E-state index is 0.364. The van der Waals surface area contributed by atoms with Crippen LogP contribution in [0, 0.1) is 0 Å². The third kappa shape index (κ3) is 3.05. The van der Waals surface area contributed by atoms with Crippen molar-refractivity contribution in [3.05, 3.63) is 35.4 Å². The number of rotatable bonds is 4. The van der Waals surface area contributed by atoms with E-state index in [1.54, 1.807) is 6.07 Å². The smallest absolute Gasteiger partial charge is 0.248 e. The molecular formula is C13H19N3O. The summed E-state index contributed by atoms with van der Waals surface area (Å²) in [6, 6.07) is 8.14. The van der Waals surface area contributed by atoms with Gasteiger partial charge in [0.15, 0.2) is 0 Å². The fourth-order valence-electron chi connectivity index (χ4n) is 2.26. The molecule has 92 valence electrons. The highest BCUT2D eigenvalue weighted by Crippen LogP contribution is 2.12. The average Bonchev–Trinajstić information content (AvgIpc) is 2.82. The number of nitrogens with two attached hydrogens (primary N) is 1. The van der Waals surface area contributed by atoms with Crippen molar-refractivity contribution < 1.29 is 4.79 Å². The molecule has 0 spiro atoms. The van der Waals surface area contributed by atoms with Gasteiger partial charge in [0.2, 0.25) is 5.91 Å². The highest BCUT2D eigenvalue weighted by Gasteiger charge is 2.19. The van der Waals surface area contributed by atoms with Gasteiger partial charge in [-0.1, -0.05) is 12.1 Å². The molecule has 0 saturated carbocycles. The van der Waals surface area contributed by atoms with Gasteiger partial charge in [-0.2, -0.15) is 0 Å². The van der Waals surface area contributed by atoms with Crippen molar-refractivity contribution in [2.45, 2.75) is 19.0 Å². The molecule has 0 radical (unpaired) electrons. The first-order valence-electron chi connectivity index (χ1n) is 5.96. The van der Waals surface area contributed by atoms with Crippen LogP contribution in [0.25, 0.3) is 0 Å². The molecule has 1 aliphatic rings. The van der Waals surface area contributed by atoms with E-state index in [2.05, 4.69) is 17.3 Å². The first kappa shape index (κ1) is 12.1. The van der Waals surface area contributed by atoms with Crippen LogP contribution in [-0.4, -0.2) is 37.0 Å². The van der Waals surface area contributed by atoms with Gasteiger partial charge in [-0.15, -0.1) is 0 Å². The van der Waals surface area contributed by atoms with Crippen molar-refractivity contribution in [3.8, 4) is 0 Å². The van der Waals surface area contributed by atoms with Crippen LogP contribution in [0.15, 0.2) is 24.3 Å². The second-order valence-electron chi connectivity index (χ2n) is 4.63. The Morgan fingerprint density at radius 1 is 1.59 bits per heavy atom. The number of amides is 1. The molecule has 17 heavy (non-hydrogen) atoms. The summed E-state index contributed by atoms with van der Waals surface area (Å²) in [5.74, 6) is -0.364. The van der Waals surface area contributed by atoms with Crippen LogP contribution in [0.4, 0.5) is 0 Å². The van der Waals surface area contributed by atoms with E-state index in [4.69, 9.17) is 5.73 Å². The fraction of sp³-hybridized carbons (Fsp3) is 0.462. The molecule has 4 nitrogen and oxygen atoms in total. The zero-order chi connectivity index (χ0) is 12.3. The number of likely N-dealkylation sites (N-methyl/N-ethyl adjacent to an activating group) is 1. The Labute approximate surface area is 102 Å². The molecule has 1 heterocycles. The molecule has 0 bridgehead atoms. The lowest BCUT2D eigenvalue weighted by Crippen LogP contribution is -2.32. The van der Waals surface area contributed by atoms with E-state index in [0.29, 0.717) is 11.6 Å². The monoisotopic (exact) mass is 233 g/mol. The van der Waals surface area contributed by atoms with Crippen LogP contribution in [0.3, 0.4) is 0 Å². The summed E-state index contributed by atoms with van der Waals surface area (Å²) < 4.78 is 0. The highest BCUT2D eigenvalue weighted by molar-refractivity contribution is 5.92. The maximum Gasteiger partial charge on any atom is 0.248 e. The van der Waals surface area contributed by atoms with Gasteiger partial charge in [-0.3, -0.25) is 9.69 Å². The Morgan fingerprint density at radius 3 is 3.06 bits per heavy atom. The first-order chi connectivity index (χ1) is 8.16. The first-order valence-corrected chi connectivity index (χ1v) is 5.96. The molecule has 3 N–H and O–H groups in total. The molecule has 1 amide bonds. The van der Waals surface area contributed by atoms with Crippen molar-refractivity contribution in [3.63, 3.8) is 0 Å². The average molecular weight is 233 g/mol. The van der Waals surface area contributed by atoms with Gasteiger partial charge in [0.25, 0.3) is 0 Å². The SMILES string of the molecule is CN(Cc1cccc(C(N)=O)c1)C1CCNC1. The van der Waals surface area contributed by atoms with Gasteiger partial charge in [0, 0.05) is 24.7 Å². The molecule has 1 unspecified atom stereocenters. The highest BCUT2D eigenvalue weighted by atomic mass is 16.1. The zero-order valence-electron chi connectivity index (χ0n) is 10.1. The van der Waals surface area contributed by atoms with Crippen molar-refractivity contribution >= 4 is 5.91 Å². The molecule has 1 fully saturated rings. The molecule has 0 aliphatic carbocycles. The van der Waals surface area contributed by atoms with E-state index in [9.17, 15) is 4.79 Å². The molecule has 4 heteroatoms. The second kappa shape index (κ2) is 5.29. The van der Waals surface area contributed by atoms with Crippen LogP contribution in [-0.2, 0) is 6.54 Å². The molecule has 1 aliphatic heterocycles. The predicted octanol–water partition coefficient (Wildman–Crippen LogP) is 0.579. The second-order valence-corrected chi connectivity index (χ2v) is 4.63. The summed E-state index contributed by atoms with van der Waals surface area (Å²) >= 11 is 0. The molecular weight excluding hydrogens is 214 g/mol. The number of nitrogens with zero attached hydrogens (tertiary/aromatic N) is 1. The van der Waals surface area contributed by atoms with Crippen LogP contribution in [0.2, 0.25) is 0 Å². The van der Waals surface area contributed by atoms with Crippen molar-refractivity contribution in [2.24, 2.45) is 5.73 Å². The molecule has 1 saturated heterocycles. The standard InChI is InChI=1S/C13H19N3O/c1-16(12-5-6-15-8-12)9-10-3-2-4-11(7-10)13(14)17/h2-4,7,12,15H,5-6,8-9H2,1H3,(H2,14,17). The number of primary amides is 1. The zero-order valence-corrected chi connectivity index (χ0v) is 10.1. The van der Waals surface area contributed by atoms with Crippen LogP contribution >= 0.6 is 0 Å². The lowest BCUT2D eigenvalue weighted by Gasteiger charge is -2.23. The lowest BCUT2D eigenvalue weighted by molar-refractivity contribution is 0.1000. The Balaban J connectivity index is 2.02. The largest absolute Gasteiger partial charge is 0.366 e. The van der Waals surface area contributed by atoms with Crippen LogP contribution in [0.5, 0.6) is 0 Å². The predicted molar refractivity (Wildman–Crippen MR) is 67.7 cm³/mol. The van der Waals surface area contributed by atoms with Crippen LogP contribution < -0.4 is 11.1 Å². The number of carbonyl (C=O) groups is 1. The van der Waals surface area contributed by atoms with E-state index in [1.807, 2.05) is 18.2 Å². The van der Waals surface area contributed by atoms with E-state index in [0.717, 1.165) is 25.2 Å². The Bertz CT molecular complexity index is 399. The third-order valence-electron chi connectivity index (χ3n) is 3.30. The summed E-state index contributed by atoms with van der Waals surface area (Å²) in [7, 11) is 2.12. The van der Waals surface area contributed by atoms with Crippen LogP contribution in [0.1, 0.15) is 22.3 Å². The molecule has 1 aromatic carbocycles. The number of hydrogen-bond acceptors (Lipinski definition) is 3. The Morgan fingerprint density at radius 2 is 2.41 bits per heavy atom. The summed E-state index contributed by atoms with van der Waals surface area (Å²) in [5.41, 5.74) is 6.99. The van der Waals surface area contributed by atoms with E-state index in [1.165, 1.54) is 6.42 Å². The van der Waals surface area contributed by atoms with E-state index in [-0.39, 0.29) is 5.91 Å². The third-order valence-corrected chi connectivity index (χ3v) is 3.30. The number of hydrogen-bond donors (Lipinski definition) is 2. The van der Waals surface area contributed by atoms with Crippen molar-refractivity contribution in [1.82, 2.24) is 10.2 Å². The minimum atomic E-state index is -0.364. The number of carbonyl (C=O) groups excluding carboxylic acids is 1. The Kier molecular flexibility index (Phi) is 3.76. The van der Waals surface area contributed by atoms with Gasteiger partial charge in [-0.25, -0.2) is 0 Å². The van der Waals surface area contributed by atoms with Gasteiger partial charge in [-0.05, 0) is 37.7 Å². The lowest BCUT2D eigenvalue weighted by atomic mass is 10.1. The molecule has 1 aromatic rings. The summed E-state index contributed by atoms with van der Waals surface area (Å²) in [6.45, 7) is 3.00. The normalized spacial score (nSPS) is 19.8.